The lowest BCUT2D eigenvalue weighted by Gasteiger charge is -2.34. The summed E-state index contributed by atoms with van der Waals surface area (Å²) in [6.07, 6.45) is 2.27. The Balaban J connectivity index is 1.04. The van der Waals surface area contributed by atoms with Crippen LogP contribution in [0.2, 0.25) is 0 Å². The van der Waals surface area contributed by atoms with Crippen molar-refractivity contribution in [2.75, 3.05) is 26.4 Å². The minimum absolute atomic E-state index is 0.143. The maximum Gasteiger partial charge on any atom is 0.330 e. The zero-order chi connectivity index (χ0) is 42.9. The van der Waals surface area contributed by atoms with Crippen molar-refractivity contribution in [1.29, 1.82) is 0 Å². The fourth-order valence-corrected chi connectivity index (χ4v) is 10.4. The molecular weight excluding hydrogens is 825 g/mol. The first-order valence-electron chi connectivity index (χ1n) is 20.4. The highest BCUT2D eigenvalue weighted by Gasteiger charge is 2.46. The molecule has 2 aromatic heterocycles. The Morgan fingerprint density at radius 2 is 1.02 bits per heavy atom. The number of esters is 2. The Morgan fingerprint density at radius 3 is 1.54 bits per heavy atom. The topological polar surface area (TPSA) is 96.8 Å². The van der Waals surface area contributed by atoms with E-state index in [1.165, 1.54) is 33.0 Å². The van der Waals surface area contributed by atoms with Crippen LogP contribution < -0.4 is 9.47 Å². The average Bonchev–Trinajstić information content (AvgIpc) is 4.04. The first-order chi connectivity index (χ1) is 30.9. The molecule has 308 valence electrons. The van der Waals surface area contributed by atoms with Crippen molar-refractivity contribution in [1.82, 2.24) is 9.97 Å². The molecule has 0 spiro atoms. The lowest BCUT2D eigenvalue weighted by Crippen LogP contribution is -2.28. The second kappa shape index (κ2) is 16.8. The van der Waals surface area contributed by atoms with Gasteiger partial charge in [-0.3, -0.25) is 0 Å². The van der Waals surface area contributed by atoms with Crippen LogP contribution in [0.3, 0.4) is 0 Å². The highest BCUT2D eigenvalue weighted by atomic mass is 32.1. The Morgan fingerprint density at radius 1 is 0.524 bits per heavy atom. The van der Waals surface area contributed by atoms with Crippen LogP contribution in [0.1, 0.15) is 22.3 Å². The number of carbonyl (C=O) groups is 2. The van der Waals surface area contributed by atoms with Crippen LogP contribution in [0, 0.1) is 0 Å². The molecule has 7 aromatic carbocycles. The van der Waals surface area contributed by atoms with E-state index in [9.17, 15) is 9.59 Å². The van der Waals surface area contributed by atoms with E-state index in [0.717, 1.165) is 64.9 Å². The quantitative estimate of drug-likeness (QED) is 0.0606. The molecule has 1 aliphatic rings. The first kappa shape index (κ1) is 39.7. The summed E-state index contributed by atoms with van der Waals surface area (Å²) >= 11 is 3.34. The lowest BCUT2D eigenvalue weighted by molar-refractivity contribution is -0.139. The van der Waals surface area contributed by atoms with Crippen molar-refractivity contribution in [2.45, 2.75) is 5.41 Å². The normalized spacial score (nSPS) is 12.4. The summed E-state index contributed by atoms with van der Waals surface area (Å²) in [7, 11) is 0. The summed E-state index contributed by atoms with van der Waals surface area (Å²) in [4.78, 5) is 32.9. The monoisotopic (exact) mass is 862 g/mol. The fraction of sp³-hybridized carbons (Fsp3) is 0.0943. The molecule has 0 fully saturated rings. The van der Waals surface area contributed by atoms with Gasteiger partial charge in [-0.1, -0.05) is 73.8 Å². The largest absolute Gasteiger partial charge is 0.490 e. The van der Waals surface area contributed by atoms with Crippen molar-refractivity contribution in [3.8, 4) is 43.8 Å². The average molecular weight is 863 g/mol. The number of hydrogen-bond donors (Lipinski definition) is 0. The molecule has 10 rings (SSSR count). The lowest BCUT2D eigenvalue weighted by atomic mass is 9.67. The Bertz CT molecular complexity index is 3070. The second-order valence-electron chi connectivity index (χ2n) is 14.9. The zero-order valence-corrected chi connectivity index (χ0v) is 35.5. The van der Waals surface area contributed by atoms with Gasteiger partial charge in [0, 0.05) is 23.3 Å². The molecule has 0 aliphatic heterocycles. The first-order valence-corrected chi connectivity index (χ1v) is 22.0. The van der Waals surface area contributed by atoms with Gasteiger partial charge in [-0.25, -0.2) is 19.6 Å². The number of fused-ring (bicyclic) bond motifs is 6. The number of rotatable bonds is 14. The third-order valence-corrected chi connectivity index (χ3v) is 13.4. The summed E-state index contributed by atoms with van der Waals surface area (Å²) in [5, 5.41) is 4.21. The second-order valence-corrected chi connectivity index (χ2v) is 17.0. The van der Waals surface area contributed by atoms with Crippen molar-refractivity contribution in [3.63, 3.8) is 0 Å². The molecule has 10 heteroatoms. The Kier molecular flexibility index (Phi) is 10.6. The summed E-state index contributed by atoms with van der Waals surface area (Å²) in [5.41, 5.74) is 10.4. The standard InChI is InChI=1S/C53H38N2O6S2/c1-3-49(56)60-27-25-58-39-19-13-33(14-20-39)51-54-45-23-17-37(31-47(45)62-51)53(43-12-8-7-11-41(43)42-29-35-9-5-6-10-36(35)30-44(42)53)38-18-24-46-48(32-38)63-52(55-46)34-15-21-40(22-16-34)59-26-28-61-50(57)4-2/h3-24,29-32H,1-2,25-28H2. The molecule has 0 saturated heterocycles. The van der Waals surface area contributed by atoms with Gasteiger partial charge in [-0.05, 0) is 129 Å². The zero-order valence-electron chi connectivity index (χ0n) is 33.9. The van der Waals surface area contributed by atoms with Crippen LogP contribution in [0.25, 0.3) is 63.5 Å². The Hall–Kier alpha value is -7.40. The highest BCUT2D eigenvalue weighted by Crippen LogP contribution is 2.58. The number of benzene rings is 7. The van der Waals surface area contributed by atoms with Crippen LogP contribution in [-0.4, -0.2) is 48.3 Å². The number of thiazole rings is 2. The van der Waals surface area contributed by atoms with Crippen LogP contribution in [0.5, 0.6) is 11.5 Å². The van der Waals surface area contributed by atoms with E-state index in [0.29, 0.717) is 11.5 Å². The number of ether oxygens (including phenoxy) is 4. The maximum atomic E-state index is 11.4. The van der Waals surface area contributed by atoms with Gasteiger partial charge < -0.3 is 18.9 Å². The summed E-state index contributed by atoms with van der Waals surface area (Å²) in [6.45, 7) is 7.61. The Labute approximate surface area is 371 Å². The molecular formula is C53H38N2O6S2. The number of hydrogen-bond acceptors (Lipinski definition) is 10. The van der Waals surface area contributed by atoms with E-state index < -0.39 is 17.4 Å². The van der Waals surface area contributed by atoms with Crippen LogP contribution in [-0.2, 0) is 24.5 Å². The number of carbonyl (C=O) groups excluding carboxylic acids is 2. The fourth-order valence-electron chi connectivity index (χ4n) is 8.42. The van der Waals surface area contributed by atoms with Crippen molar-refractivity contribution >= 4 is 65.8 Å². The van der Waals surface area contributed by atoms with Gasteiger partial charge in [-0.15, -0.1) is 22.7 Å². The van der Waals surface area contributed by atoms with Gasteiger partial charge in [0.1, 0.15) is 47.9 Å². The van der Waals surface area contributed by atoms with Gasteiger partial charge in [-0.2, -0.15) is 0 Å². The molecule has 0 amide bonds. The van der Waals surface area contributed by atoms with Crippen molar-refractivity contribution < 1.29 is 28.5 Å². The summed E-state index contributed by atoms with van der Waals surface area (Å²) in [5.74, 6) is 0.415. The van der Waals surface area contributed by atoms with Gasteiger partial charge in [0.15, 0.2) is 0 Å². The molecule has 2 heterocycles. The predicted octanol–water partition coefficient (Wildman–Crippen LogP) is 12.0. The van der Waals surface area contributed by atoms with E-state index in [1.807, 2.05) is 48.5 Å². The van der Waals surface area contributed by atoms with Crippen molar-refractivity contribution in [3.05, 3.63) is 193 Å². The van der Waals surface area contributed by atoms with E-state index in [-0.39, 0.29) is 26.4 Å². The molecule has 0 saturated carbocycles. The number of nitrogens with zero attached hydrogens (tertiary/aromatic N) is 2. The van der Waals surface area contributed by atoms with Crippen molar-refractivity contribution in [2.24, 2.45) is 0 Å². The molecule has 1 aliphatic carbocycles. The van der Waals surface area contributed by atoms with E-state index in [4.69, 9.17) is 28.9 Å². The summed E-state index contributed by atoms with van der Waals surface area (Å²) < 4.78 is 23.8. The van der Waals surface area contributed by atoms with Gasteiger partial charge in [0.25, 0.3) is 0 Å². The van der Waals surface area contributed by atoms with Gasteiger partial charge in [0.2, 0.25) is 0 Å². The highest BCUT2D eigenvalue weighted by molar-refractivity contribution is 7.22. The van der Waals surface area contributed by atoms with E-state index >= 15 is 0 Å². The van der Waals surface area contributed by atoms with Crippen LogP contribution in [0.15, 0.2) is 171 Å². The minimum Gasteiger partial charge on any atom is -0.490 e. The number of aromatic nitrogens is 2. The molecule has 63 heavy (non-hydrogen) atoms. The molecule has 9 aromatic rings. The van der Waals surface area contributed by atoms with Gasteiger partial charge in [0.05, 0.1) is 25.8 Å². The summed E-state index contributed by atoms with van der Waals surface area (Å²) in [6, 6.07) is 51.3. The minimum atomic E-state index is -0.648. The third-order valence-electron chi connectivity index (χ3n) is 11.3. The molecule has 8 nitrogen and oxygen atoms in total. The smallest absolute Gasteiger partial charge is 0.330 e. The molecule has 0 bridgehead atoms. The van der Waals surface area contributed by atoms with Crippen LogP contribution >= 0.6 is 22.7 Å². The molecule has 0 unspecified atom stereocenters. The van der Waals surface area contributed by atoms with Gasteiger partial charge >= 0.3 is 11.9 Å². The molecule has 0 N–H and O–H groups in total. The molecule has 0 radical (unpaired) electrons. The predicted molar refractivity (Wildman–Crippen MR) is 252 cm³/mol. The van der Waals surface area contributed by atoms with Crippen LogP contribution in [0.4, 0.5) is 0 Å². The third kappa shape index (κ3) is 7.43. The maximum absolute atomic E-state index is 11.4. The van der Waals surface area contributed by atoms with E-state index in [2.05, 4.69) is 110 Å². The SMILES string of the molecule is C=CC(=O)OCCOc1ccc(-c2nc3ccc(C4(c5ccc6nc(-c7ccc(OCCOC(=O)C=C)cc7)sc6c5)c5ccccc5-c5cc6ccccc6cc54)cc3s2)cc1. The van der Waals surface area contributed by atoms with E-state index in [1.54, 1.807) is 22.7 Å². The molecule has 0 atom stereocenters.